The molecule has 1 aliphatic rings. The molecule has 0 unspecified atom stereocenters. The Kier molecular flexibility index (Phi) is 3.68. The lowest BCUT2D eigenvalue weighted by molar-refractivity contribution is 0.0762. The minimum atomic E-state index is -0.609. The molecule has 0 aromatic carbocycles. The highest BCUT2D eigenvalue weighted by molar-refractivity contribution is 5.94. The molecule has 1 aliphatic heterocycles. The SMILES string of the molecule is CN1CCCN(C(=O)c2ccnc(F)c2)CC1. The third kappa shape index (κ3) is 3.00. The smallest absolute Gasteiger partial charge is 0.254 e. The maximum absolute atomic E-state index is 12.9. The van der Waals surface area contributed by atoms with Crippen molar-refractivity contribution in [1.29, 1.82) is 0 Å². The van der Waals surface area contributed by atoms with E-state index in [1.165, 1.54) is 12.3 Å². The van der Waals surface area contributed by atoms with E-state index in [0.29, 0.717) is 12.1 Å². The molecule has 0 N–H and O–H groups in total. The average Bonchev–Trinajstić information content (AvgIpc) is 2.53. The minimum absolute atomic E-state index is 0.110. The zero-order valence-corrected chi connectivity index (χ0v) is 9.90. The number of carbonyl (C=O) groups excluding carboxylic acids is 1. The Morgan fingerprint density at radius 1 is 1.35 bits per heavy atom. The van der Waals surface area contributed by atoms with Crippen molar-refractivity contribution < 1.29 is 9.18 Å². The number of carbonyl (C=O) groups is 1. The monoisotopic (exact) mass is 237 g/mol. The van der Waals surface area contributed by atoms with Gasteiger partial charge in [0.1, 0.15) is 0 Å². The van der Waals surface area contributed by atoms with Crippen molar-refractivity contribution in [1.82, 2.24) is 14.8 Å². The number of nitrogens with zero attached hydrogens (tertiary/aromatic N) is 3. The highest BCUT2D eigenvalue weighted by Crippen LogP contribution is 2.08. The van der Waals surface area contributed by atoms with Crippen LogP contribution >= 0.6 is 0 Å². The molecule has 0 spiro atoms. The molecule has 17 heavy (non-hydrogen) atoms. The van der Waals surface area contributed by atoms with Gasteiger partial charge in [0, 0.05) is 37.5 Å². The van der Waals surface area contributed by atoms with Crippen LogP contribution < -0.4 is 0 Å². The summed E-state index contributed by atoms with van der Waals surface area (Å²) in [6.07, 6.45) is 2.28. The maximum atomic E-state index is 12.9. The van der Waals surface area contributed by atoms with Crippen molar-refractivity contribution >= 4 is 5.91 Å². The van der Waals surface area contributed by atoms with Crippen molar-refractivity contribution in [2.75, 3.05) is 33.2 Å². The Labute approximate surface area is 100 Å². The molecule has 2 heterocycles. The van der Waals surface area contributed by atoms with E-state index < -0.39 is 5.95 Å². The van der Waals surface area contributed by atoms with Gasteiger partial charge in [-0.25, -0.2) is 4.98 Å². The van der Waals surface area contributed by atoms with E-state index >= 15 is 0 Å². The van der Waals surface area contributed by atoms with E-state index in [-0.39, 0.29) is 5.91 Å². The number of aromatic nitrogens is 1. The highest BCUT2D eigenvalue weighted by atomic mass is 19.1. The molecule has 0 aliphatic carbocycles. The van der Waals surface area contributed by atoms with E-state index in [1.807, 2.05) is 7.05 Å². The van der Waals surface area contributed by atoms with E-state index in [2.05, 4.69) is 9.88 Å². The molecule has 5 heteroatoms. The van der Waals surface area contributed by atoms with Crippen LogP contribution in [0.4, 0.5) is 4.39 Å². The largest absolute Gasteiger partial charge is 0.337 e. The van der Waals surface area contributed by atoms with Crippen LogP contribution in [0.1, 0.15) is 16.8 Å². The molecule has 0 atom stereocenters. The van der Waals surface area contributed by atoms with Crippen LogP contribution in [0.5, 0.6) is 0 Å². The third-order valence-corrected chi connectivity index (χ3v) is 2.98. The van der Waals surface area contributed by atoms with Gasteiger partial charge < -0.3 is 9.80 Å². The maximum Gasteiger partial charge on any atom is 0.254 e. The summed E-state index contributed by atoms with van der Waals surface area (Å²) in [5, 5.41) is 0. The molecule has 92 valence electrons. The Morgan fingerprint density at radius 2 is 2.18 bits per heavy atom. The topological polar surface area (TPSA) is 36.4 Å². The first kappa shape index (κ1) is 12.0. The van der Waals surface area contributed by atoms with Gasteiger partial charge in [-0.05, 0) is 26.1 Å². The fourth-order valence-electron chi connectivity index (χ4n) is 1.97. The van der Waals surface area contributed by atoms with Crippen LogP contribution in [0.2, 0.25) is 0 Å². The number of pyridine rings is 1. The van der Waals surface area contributed by atoms with Crippen molar-refractivity contribution in [2.24, 2.45) is 0 Å². The lowest BCUT2D eigenvalue weighted by Crippen LogP contribution is -2.34. The number of hydrogen-bond acceptors (Lipinski definition) is 3. The number of rotatable bonds is 1. The van der Waals surface area contributed by atoms with E-state index in [4.69, 9.17) is 0 Å². The van der Waals surface area contributed by atoms with Gasteiger partial charge in [0.2, 0.25) is 5.95 Å². The molecule has 1 aromatic rings. The van der Waals surface area contributed by atoms with Gasteiger partial charge >= 0.3 is 0 Å². The summed E-state index contributed by atoms with van der Waals surface area (Å²) in [5.41, 5.74) is 0.377. The Morgan fingerprint density at radius 3 is 2.94 bits per heavy atom. The van der Waals surface area contributed by atoms with Crippen LogP contribution in [-0.4, -0.2) is 53.9 Å². The summed E-state index contributed by atoms with van der Waals surface area (Å²) in [7, 11) is 2.04. The molecule has 0 saturated carbocycles. The summed E-state index contributed by atoms with van der Waals surface area (Å²) >= 11 is 0. The van der Waals surface area contributed by atoms with Gasteiger partial charge in [0.05, 0.1) is 0 Å². The van der Waals surface area contributed by atoms with Crippen LogP contribution in [0.15, 0.2) is 18.3 Å². The zero-order chi connectivity index (χ0) is 12.3. The third-order valence-electron chi connectivity index (χ3n) is 2.98. The van der Waals surface area contributed by atoms with Gasteiger partial charge in [0.25, 0.3) is 5.91 Å². The molecule has 1 saturated heterocycles. The fourth-order valence-corrected chi connectivity index (χ4v) is 1.97. The van der Waals surface area contributed by atoms with Gasteiger partial charge in [0.15, 0.2) is 0 Å². The van der Waals surface area contributed by atoms with Crippen molar-refractivity contribution in [3.63, 3.8) is 0 Å². The average molecular weight is 237 g/mol. The quantitative estimate of drug-likeness (QED) is 0.684. The normalized spacial score (nSPS) is 17.9. The van der Waals surface area contributed by atoms with Crippen molar-refractivity contribution in [3.8, 4) is 0 Å². The van der Waals surface area contributed by atoms with Crippen LogP contribution in [0, 0.1) is 5.95 Å². The van der Waals surface area contributed by atoms with E-state index in [1.54, 1.807) is 11.0 Å². The Bertz CT molecular complexity index is 410. The van der Waals surface area contributed by atoms with Gasteiger partial charge in [-0.2, -0.15) is 4.39 Å². The Hall–Kier alpha value is -1.49. The lowest BCUT2D eigenvalue weighted by atomic mass is 10.2. The second-order valence-electron chi connectivity index (χ2n) is 4.32. The molecule has 1 amide bonds. The lowest BCUT2D eigenvalue weighted by Gasteiger charge is -2.20. The Balaban J connectivity index is 2.09. The summed E-state index contributed by atoms with van der Waals surface area (Å²) in [5.74, 6) is -0.718. The first-order chi connectivity index (χ1) is 8.16. The van der Waals surface area contributed by atoms with Gasteiger partial charge in [-0.1, -0.05) is 0 Å². The highest BCUT2D eigenvalue weighted by Gasteiger charge is 2.19. The first-order valence-corrected chi connectivity index (χ1v) is 5.76. The summed E-state index contributed by atoms with van der Waals surface area (Å²) in [6.45, 7) is 3.28. The summed E-state index contributed by atoms with van der Waals surface area (Å²) < 4.78 is 12.9. The van der Waals surface area contributed by atoms with E-state index in [0.717, 1.165) is 26.1 Å². The van der Waals surface area contributed by atoms with Crippen molar-refractivity contribution in [3.05, 3.63) is 29.8 Å². The van der Waals surface area contributed by atoms with Crippen LogP contribution in [0.25, 0.3) is 0 Å². The molecule has 2 rings (SSSR count). The molecular weight excluding hydrogens is 221 g/mol. The fraction of sp³-hybridized carbons (Fsp3) is 0.500. The summed E-state index contributed by atoms with van der Waals surface area (Å²) in [4.78, 5) is 19.5. The van der Waals surface area contributed by atoms with Crippen LogP contribution in [-0.2, 0) is 0 Å². The number of amides is 1. The number of hydrogen-bond donors (Lipinski definition) is 0. The van der Waals surface area contributed by atoms with E-state index in [9.17, 15) is 9.18 Å². The minimum Gasteiger partial charge on any atom is -0.337 e. The second kappa shape index (κ2) is 5.23. The number of likely N-dealkylation sites (N-methyl/N-ethyl adjacent to an activating group) is 1. The molecular formula is C12H16FN3O. The number of halogens is 1. The van der Waals surface area contributed by atoms with Crippen molar-refractivity contribution in [2.45, 2.75) is 6.42 Å². The first-order valence-electron chi connectivity index (χ1n) is 5.76. The predicted molar refractivity (Wildman–Crippen MR) is 62.2 cm³/mol. The molecule has 0 radical (unpaired) electrons. The molecule has 0 bridgehead atoms. The molecule has 1 fully saturated rings. The molecule has 1 aromatic heterocycles. The summed E-state index contributed by atoms with van der Waals surface area (Å²) in [6, 6.07) is 2.75. The van der Waals surface area contributed by atoms with Crippen LogP contribution in [0.3, 0.4) is 0 Å². The predicted octanol–water partition coefficient (Wildman–Crippen LogP) is 0.998. The molecule has 4 nitrogen and oxygen atoms in total. The zero-order valence-electron chi connectivity index (χ0n) is 9.90. The standard InChI is InChI=1S/C12H16FN3O/c1-15-5-2-6-16(8-7-15)12(17)10-3-4-14-11(13)9-10/h3-4,9H,2,5-8H2,1H3. The second-order valence-corrected chi connectivity index (χ2v) is 4.32. The van der Waals surface area contributed by atoms with Gasteiger partial charge in [-0.15, -0.1) is 0 Å². The van der Waals surface area contributed by atoms with Gasteiger partial charge in [-0.3, -0.25) is 4.79 Å².